The molecule has 0 atom stereocenters. The van der Waals surface area contributed by atoms with E-state index in [1.807, 2.05) is 32.9 Å². The van der Waals surface area contributed by atoms with Gasteiger partial charge in [0.2, 0.25) is 0 Å². The number of nitriles is 1. The molecule has 0 radical (unpaired) electrons. The third-order valence-electron chi connectivity index (χ3n) is 4.20. The number of carbonyl (C=O) groups excluding carboxylic acids is 1. The summed E-state index contributed by atoms with van der Waals surface area (Å²) in [7, 11) is 0. The van der Waals surface area contributed by atoms with Crippen LogP contribution in [0.15, 0.2) is 18.2 Å². The summed E-state index contributed by atoms with van der Waals surface area (Å²) in [6, 6.07) is 8.18. The lowest BCUT2D eigenvalue weighted by molar-refractivity contribution is 0.0489. The maximum Gasteiger partial charge on any atom is 0.407 e. The SMILES string of the molecule is CC(C)(C)OC(=O)NC1CCC(NCc2ccc(C#N)c(Cl)c2)CC1. The number of hydrogen-bond acceptors (Lipinski definition) is 4. The van der Waals surface area contributed by atoms with Crippen LogP contribution >= 0.6 is 11.6 Å². The van der Waals surface area contributed by atoms with Gasteiger partial charge < -0.3 is 15.4 Å². The van der Waals surface area contributed by atoms with Crippen molar-refractivity contribution in [3.63, 3.8) is 0 Å². The van der Waals surface area contributed by atoms with Gasteiger partial charge >= 0.3 is 6.09 Å². The number of benzene rings is 1. The van der Waals surface area contributed by atoms with Crippen molar-refractivity contribution in [2.45, 2.75) is 70.7 Å². The minimum atomic E-state index is -0.467. The Balaban J connectivity index is 1.73. The monoisotopic (exact) mass is 363 g/mol. The van der Waals surface area contributed by atoms with Crippen LogP contribution in [0.25, 0.3) is 0 Å². The van der Waals surface area contributed by atoms with Gasteiger partial charge in [-0.15, -0.1) is 0 Å². The summed E-state index contributed by atoms with van der Waals surface area (Å²) >= 11 is 6.06. The number of halogens is 1. The number of alkyl carbamates (subject to hydrolysis) is 1. The standard InChI is InChI=1S/C19H26ClN3O2/c1-19(2,3)25-18(24)23-16-8-6-15(7-9-16)22-12-13-4-5-14(11-21)17(20)10-13/h4-5,10,15-16,22H,6-9,12H2,1-3H3,(H,23,24). The highest BCUT2D eigenvalue weighted by Crippen LogP contribution is 2.21. The predicted molar refractivity (Wildman–Crippen MR) is 98.4 cm³/mol. The Morgan fingerprint density at radius 2 is 1.92 bits per heavy atom. The van der Waals surface area contributed by atoms with Gasteiger partial charge in [0.05, 0.1) is 10.6 Å². The molecular formula is C19H26ClN3O2. The van der Waals surface area contributed by atoms with E-state index in [1.165, 1.54) is 0 Å². The van der Waals surface area contributed by atoms with Crippen LogP contribution in [0.3, 0.4) is 0 Å². The van der Waals surface area contributed by atoms with Crippen molar-refractivity contribution >= 4 is 17.7 Å². The number of hydrogen-bond donors (Lipinski definition) is 2. The predicted octanol–water partition coefficient (Wildman–Crippen LogP) is 4.14. The second kappa shape index (κ2) is 8.55. The van der Waals surface area contributed by atoms with E-state index in [9.17, 15) is 4.79 Å². The average molecular weight is 364 g/mol. The maximum absolute atomic E-state index is 11.8. The van der Waals surface area contributed by atoms with Crippen molar-refractivity contribution in [3.8, 4) is 6.07 Å². The normalized spacial score (nSPS) is 20.6. The lowest BCUT2D eigenvalue weighted by Crippen LogP contribution is -2.43. The van der Waals surface area contributed by atoms with E-state index < -0.39 is 5.60 Å². The zero-order chi connectivity index (χ0) is 18.4. The number of ether oxygens (including phenoxy) is 1. The molecule has 0 aromatic heterocycles. The van der Waals surface area contributed by atoms with Gasteiger partial charge in [-0.2, -0.15) is 5.26 Å². The van der Waals surface area contributed by atoms with Crippen LogP contribution < -0.4 is 10.6 Å². The van der Waals surface area contributed by atoms with Gasteiger partial charge in [0.25, 0.3) is 0 Å². The summed E-state index contributed by atoms with van der Waals surface area (Å²) < 4.78 is 5.30. The Kier molecular flexibility index (Phi) is 6.69. The van der Waals surface area contributed by atoms with E-state index in [1.54, 1.807) is 6.07 Å². The molecule has 25 heavy (non-hydrogen) atoms. The molecule has 1 saturated carbocycles. The van der Waals surface area contributed by atoms with Crippen molar-refractivity contribution in [2.75, 3.05) is 0 Å². The Hall–Kier alpha value is -1.77. The van der Waals surface area contributed by atoms with Gasteiger partial charge in [0.15, 0.2) is 0 Å². The van der Waals surface area contributed by atoms with Crippen LogP contribution in [0.4, 0.5) is 4.79 Å². The highest BCUT2D eigenvalue weighted by Gasteiger charge is 2.24. The molecule has 6 heteroatoms. The molecule has 0 saturated heterocycles. The van der Waals surface area contributed by atoms with E-state index in [4.69, 9.17) is 21.6 Å². The van der Waals surface area contributed by atoms with E-state index in [-0.39, 0.29) is 12.1 Å². The van der Waals surface area contributed by atoms with Crippen LogP contribution in [0.2, 0.25) is 5.02 Å². The Morgan fingerprint density at radius 1 is 1.28 bits per heavy atom. The molecule has 0 aliphatic heterocycles. The minimum Gasteiger partial charge on any atom is -0.444 e. The lowest BCUT2D eigenvalue weighted by atomic mass is 9.91. The van der Waals surface area contributed by atoms with Gasteiger partial charge in [0, 0.05) is 18.6 Å². The molecule has 1 aromatic rings. The van der Waals surface area contributed by atoms with Crippen LogP contribution in [0.5, 0.6) is 0 Å². The van der Waals surface area contributed by atoms with Crippen molar-refractivity contribution in [3.05, 3.63) is 34.3 Å². The molecule has 1 aromatic carbocycles. The molecular weight excluding hydrogens is 338 g/mol. The number of rotatable bonds is 4. The molecule has 136 valence electrons. The summed E-state index contributed by atoms with van der Waals surface area (Å²) in [6.07, 6.45) is 3.54. The summed E-state index contributed by atoms with van der Waals surface area (Å²) in [6.45, 7) is 6.31. The van der Waals surface area contributed by atoms with Gasteiger partial charge in [-0.3, -0.25) is 0 Å². The fraction of sp³-hybridized carbons (Fsp3) is 0.579. The second-order valence-corrected chi connectivity index (χ2v) is 7.91. The van der Waals surface area contributed by atoms with E-state index in [0.717, 1.165) is 37.8 Å². The molecule has 1 aliphatic rings. The van der Waals surface area contributed by atoms with Gasteiger partial charge in [-0.05, 0) is 64.2 Å². The van der Waals surface area contributed by atoms with Gasteiger partial charge in [-0.1, -0.05) is 17.7 Å². The van der Waals surface area contributed by atoms with Crippen LogP contribution in [0, 0.1) is 11.3 Å². The first-order chi connectivity index (χ1) is 11.8. The molecule has 5 nitrogen and oxygen atoms in total. The fourth-order valence-electron chi connectivity index (χ4n) is 2.94. The largest absolute Gasteiger partial charge is 0.444 e. The molecule has 2 rings (SSSR count). The first kappa shape index (κ1) is 19.6. The first-order valence-electron chi connectivity index (χ1n) is 8.68. The Morgan fingerprint density at radius 3 is 2.48 bits per heavy atom. The molecule has 1 amide bonds. The third-order valence-corrected chi connectivity index (χ3v) is 4.51. The second-order valence-electron chi connectivity index (χ2n) is 7.50. The van der Waals surface area contributed by atoms with E-state index in [0.29, 0.717) is 16.6 Å². The zero-order valence-corrected chi connectivity index (χ0v) is 15.8. The molecule has 1 fully saturated rings. The number of nitrogens with zero attached hydrogens (tertiary/aromatic N) is 1. The number of nitrogens with one attached hydrogen (secondary N) is 2. The average Bonchev–Trinajstić information content (AvgIpc) is 2.52. The third kappa shape index (κ3) is 6.56. The summed E-state index contributed by atoms with van der Waals surface area (Å²) in [5.41, 5.74) is 1.10. The quantitative estimate of drug-likeness (QED) is 0.843. The lowest BCUT2D eigenvalue weighted by Gasteiger charge is -2.30. The summed E-state index contributed by atoms with van der Waals surface area (Å²) in [5, 5.41) is 15.9. The first-order valence-corrected chi connectivity index (χ1v) is 9.06. The Labute approximate surface area is 154 Å². The van der Waals surface area contributed by atoms with Crippen LogP contribution in [-0.4, -0.2) is 23.8 Å². The van der Waals surface area contributed by atoms with E-state index >= 15 is 0 Å². The molecule has 2 N–H and O–H groups in total. The van der Waals surface area contributed by atoms with Gasteiger partial charge in [-0.25, -0.2) is 4.79 Å². The highest BCUT2D eigenvalue weighted by molar-refractivity contribution is 6.31. The number of carbonyl (C=O) groups is 1. The molecule has 0 bridgehead atoms. The van der Waals surface area contributed by atoms with Crippen LogP contribution in [-0.2, 0) is 11.3 Å². The fourth-order valence-corrected chi connectivity index (χ4v) is 3.18. The van der Waals surface area contributed by atoms with Crippen molar-refractivity contribution in [2.24, 2.45) is 0 Å². The van der Waals surface area contributed by atoms with Crippen LogP contribution in [0.1, 0.15) is 57.6 Å². The molecule has 1 aliphatic carbocycles. The summed E-state index contributed by atoms with van der Waals surface area (Å²) in [4.78, 5) is 11.8. The Bertz CT molecular complexity index is 641. The molecule has 0 unspecified atom stereocenters. The zero-order valence-electron chi connectivity index (χ0n) is 15.1. The van der Waals surface area contributed by atoms with E-state index in [2.05, 4.69) is 16.7 Å². The maximum atomic E-state index is 11.8. The highest BCUT2D eigenvalue weighted by atomic mass is 35.5. The van der Waals surface area contributed by atoms with Crippen molar-refractivity contribution in [1.29, 1.82) is 5.26 Å². The molecule has 0 heterocycles. The minimum absolute atomic E-state index is 0.178. The topological polar surface area (TPSA) is 74.2 Å². The van der Waals surface area contributed by atoms with Crippen molar-refractivity contribution < 1.29 is 9.53 Å². The van der Waals surface area contributed by atoms with Gasteiger partial charge in [0.1, 0.15) is 11.7 Å². The number of amides is 1. The molecule has 0 spiro atoms. The van der Waals surface area contributed by atoms with Crippen molar-refractivity contribution in [1.82, 2.24) is 10.6 Å². The smallest absolute Gasteiger partial charge is 0.407 e. The summed E-state index contributed by atoms with van der Waals surface area (Å²) in [5.74, 6) is 0.